The third-order valence-electron chi connectivity index (χ3n) is 3.06. The van der Waals surface area contributed by atoms with Crippen LogP contribution in [0.25, 0.3) is 0 Å². The van der Waals surface area contributed by atoms with Gasteiger partial charge in [0.15, 0.2) is 5.69 Å². The zero-order chi connectivity index (χ0) is 17.6. The van der Waals surface area contributed by atoms with Crippen LogP contribution < -0.4 is 11.1 Å². The first kappa shape index (κ1) is 17.5. The van der Waals surface area contributed by atoms with Gasteiger partial charge in [0.05, 0.1) is 6.04 Å². The number of hydrogen-bond donors (Lipinski definition) is 2. The van der Waals surface area contributed by atoms with Crippen LogP contribution in [-0.2, 0) is 17.3 Å². The maximum atomic E-state index is 12.5. The van der Waals surface area contributed by atoms with E-state index in [0.29, 0.717) is 6.42 Å². The summed E-state index contributed by atoms with van der Waals surface area (Å²) in [5.41, 5.74) is 4.82. The van der Waals surface area contributed by atoms with Crippen molar-refractivity contribution in [2.45, 2.75) is 18.6 Å². The molecule has 1 atom stereocenters. The number of halogens is 3. The SMILES string of the molecule is NC(=O)OCC(Cc1ccccc1)Nc1ccc(C(F)(F)F)nn1. The zero-order valence-electron chi connectivity index (χ0n) is 12.5. The number of aromatic nitrogens is 2. The monoisotopic (exact) mass is 340 g/mol. The second-order valence-electron chi connectivity index (χ2n) is 4.96. The van der Waals surface area contributed by atoms with Crippen molar-refractivity contribution in [3.63, 3.8) is 0 Å². The van der Waals surface area contributed by atoms with Crippen LogP contribution in [-0.4, -0.2) is 28.9 Å². The highest BCUT2D eigenvalue weighted by molar-refractivity contribution is 5.64. The van der Waals surface area contributed by atoms with E-state index >= 15 is 0 Å². The molecular formula is C15H15F3N4O2. The van der Waals surface area contributed by atoms with Crippen LogP contribution in [0.15, 0.2) is 42.5 Å². The summed E-state index contributed by atoms with van der Waals surface area (Å²) >= 11 is 0. The second kappa shape index (κ2) is 7.62. The van der Waals surface area contributed by atoms with Crippen LogP contribution in [0.2, 0.25) is 0 Å². The molecule has 0 saturated carbocycles. The van der Waals surface area contributed by atoms with Crippen molar-refractivity contribution in [1.29, 1.82) is 0 Å². The Morgan fingerprint density at radius 3 is 2.42 bits per heavy atom. The number of amides is 1. The molecule has 0 aliphatic rings. The molecule has 1 amide bonds. The number of nitrogens with one attached hydrogen (secondary N) is 1. The van der Waals surface area contributed by atoms with E-state index in [4.69, 9.17) is 10.5 Å². The summed E-state index contributed by atoms with van der Waals surface area (Å²) < 4.78 is 42.2. The van der Waals surface area contributed by atoms with E-state index in [1.807, 2.05) is 30.3 Å². The fourth-order valence-electron chi connectivity index (χ4n) is 2.00. The molecule has 24 heavy (non-hydrogen) atoms. The van der Waals surface area contributed by atoms with Crippen molar-refractivity contribution < 1.29 is 22.7 Å². The standard InChI is InChI=1S/C15H15F3N4O2/c16-15(17,18)12-6-7-13(22-21-12)20-11(9-24-14(19)23)8-10-4-2-1-3-5-10/h1-7,11H,8-9H2,(H2,19,23)(H,20,22). The molecule has 0 aliphatic carbocycles. The molecule has 3 N–H and O–H groups in total. The van der Waals surface area contributed by atoms with Crippen LogP contribution in [0.1, 0.15) is 11.3 Å². The fourth-order valence-corrected chi connectivity index (χ4v) is 2.00. The largest absolute Gasteiger partial charge is 0.448 e. The van der Waals surface area contributed by atoms with Crippen LogP contribution in [0.5, 0.6) is 0 Å². The molecule has 0 radical (unpaired) electrons. The molecule has 9 heteroatoms. The van der Waals surface area contributed by atoms with Gasteiger partial charge in [-0.15, -0.1) is 10.2 Å². The van der Waals surface area contributed by atoms with E-state index in [0.717, 1.165) is 17.7 Å². The molecule has 1 aromatic carbocycles. The predicted molar refractivity (Wildman–Crippen MR) is 80.1 cm³/mol. The summed E-state index contributed by atoms with van der Waals surface area (Å²) in [6.45, 7) is -0.0626. The molecule has 2 rings (SSSR count). The topological polar surface area (TPSA) is 90.1 Å². The van der Waals surface area contributed by atoms with Crippen molar-refractivity contribution in [1.82, 2.24) is 10.2 Å². The first-order valence-corrected chi connectivity index (χ1v) is 6.98. The first-order chi connectivity index (χ1) is 11.3. The van der Waals surface area contributed by atoms with E-state index in [9.17, 15) is 18.0 Å². The van der Waals surface area contributed by atoms with E-state index in [1.54, 1.807) is 0 Å². The summed E-state index contributed by atoms with van der Waals surface area (Å²) in [6.07, 6.45) is -5.03. The van der Waals surface area contributed by atoms with Gasteiger partial charge in [-0.2, -0.15) is 13.2 Å². The third-order valence-corrected chi connectivity index (χ3v) is 3.06. The van der Waals surface area contributed by atoms with E-state index in [-0.39, 0.29) is 12.4 Å². The molecule has 1 unspecified atom stereocenters. The summed E-state index contributed by atoms with van der Waals surface area (Å²) in [7, 11) is 0. The number of ether oxygens (including phenoxy) is 1. The van der Waals surface area contributed by atoms with Crippen molar-refractivity contribution >= 4 is 11.9 Å². The molecule has 2 aromatic rings. The molecule has 0 saturated heterocycles. The summed E-state index contributed by atoms with van der Waals surface area (Å²) in [5.74, 6) is 0.136. The fraction of sp³-hybridized carbons (Fsp3) is 0.267. The first-order valence-electron chi connectivity index (χ1n) is 6.98. The minimum absolute atomic E-state index is 0.0626. The Hall–Kier alpha value is -2.84. The summed E-state index contributed by atoms with van der Waals surface area (Å²) in [6, 6.07) is 10.9. The number of anilines is 1. The predicted octanol–water partition coefficient (Wildman–Crippen LogP) is 2.61. The van der Waals surface area contributed by atoms with Crippen molar-refractivity contribution in [2.24, 2.45) is 5.73 Å². The number of alkyl halides is 3. The number of rotatable bonds is 6. The van der Waals surface area contributed by atoms with Gasteiger partial charge in [-0.1, -0.05) is 30.3 Å². The third kappa shape index (κ3) is 5.41. The molecular weight excluding hydrogens is 325 g/mol. The molecule has 0 bridgehead atoms. The lowest BCUT2D eigenvalue weighted by Crippen LogP contribution is -2.31. The lowest BCUT2D eigenvalue weighted by molar-refractivity contribution is -0.141. The molecule has 0 fully saturated rings. The van der Waals surface area contributed by atoms with E-state index in [2.05, 4.69) is 15.5 Å². The zero-order valence-corrected chi connectivity index (χ0v) is 12.5. The van der Waals surface area contributed by atoms with E-state index in [1.165, 1.54) is 0 Å². The van der Waals surface area contributed by atoms with Gasteiger partial charge in [-0.3, -0.25) is 0 Å². The number of hydrogen-bond acceptors (Lipinski definition) is 5. The van der Waals surface area contributed by atoms with E-state index < -0.39 is 24.0 Å². The Balaban J connectivity index is 2.07. The minimum Gasteiger partial charge on any atom is -0.448 e. The number of carbonyl (C=O) groups excluding carboxylic acids is 1. The number of benzene rings is 1. The average Bonchev–Trinajstić information content (AvgIpc) is 2.53. The molecule has 1 aromatic heterocycles. The summed E-state index contributed by atoms with van der Waals surface area (Å²) in [4.78, 5) is 10.8. The van der Waals surface area contributed by atoms with Crippen LogP contribution in [0.4, 0.5) is 23.8 Å². The maximum Gasteiger partial charge on any atom is 0.435 e. The Labute approximate surface area is 135 Å². The van der Waals surface area contributed by atoms with Crippen molar-refractivity contribution in [2.75, 3.05) is 11.9 Å². The average molecular weight is 340 g/mol. The number of nitrogens with two attached hydrogens (primary N) is 1. The summed E-state index contributed by atoms with van der Waals surface area (Å²) in [5, 5.41) is 9.52. The highest BCUT2D eigenvalue weighted by Crippen LogP contribution is 2.27. The highest BCUT2D eigenvalue weighted by atomic mass is 19.4. The van der Waals surface area contributed by atoms with Gasteiger partial charge in [0, 0.05) is 0 Å². The smallest absolute Gasteiger partial charge is 0.435 e. The minimum atomic E-state index is -4.55. The van der Waals surface area contributed by atoms with Gasteiger partial charge in [-0.25, -0.2) is 4.79 Å². The highest BCUT2D eigenvalue weighted by Gasteiger charge is 2.32. The maximum absolute atomic E-state index is 12.5. The Morgan fingerprint density at radius 1 is 1.17 bits per heavy atom. The van der Waals surface area contributed by atoms with Gasteiger partial charge >= 0.3 is 12.3 Å². The molecule has 0 spiro atoms. The Kier molecular flexibility index (Phi) is 5.56. The quantitative estimate of drug-likeness (QED) is 0.844. The normalized spacial score (nSPS) is 12.5. The number of primary amides is 1. The molecule has 6 nitrogen and oxygen atoms in total. The Bertz CT molecular complexity index is 663. The lowest BCUT2D eigenvalue weighted by atomic mass is 10.1. The number of nitrogens with zero attached hydrogens (tertiary/aromatic N) is 2. The lowest BCUT2D eigenvalue weighted by Gasteiger charge is -2.19. The van der Waals surface area contributed by atoms with Gasteiger partial charge in [-0.05, 0) is 24.1 Å². The van der Waals surface area contributed by atoms with Crippen molar-refractivity contribution in [3.8, 4) is 0 Å². The van der Waals surface area contributed by atoms with Gasteiger partial charge in [0.1, 0.15) is 12.4 Å². The second-order valence-corrected chi connectivity index (χ2v) is 4.96. The molecule has 1 heterocycles. The van der Waals surface area contributed by atoms with Crippen LogP contribution in [0.3, 0.4) is 0 Å². The van der Waals surface area contributed by atoms with Gasteiger partial charge in [0.25, 0.3) is 0 Å². The molecule has 128 valence electrons. The van der Waals surface area contributed by atoms with Gasteiger partial charge < -0.3 is 15.8 Å². The van der Waals surface area contributed by atoms with Crippen LogP contribution in [0, 0.1) is 0 Å². The van der Waals surface area contributed by atoms with Crippen LogP contribution >= 0.6 is 0 Å². The van der Waals surface area contributed by atoms with Crippen molar-refractivity contribution in [3.05, 3.63) is 53.7 Å². The number of carbonyl (C=O) groups is 1. The van der Waals surface area contributed by atoms with Gasteiger partial charge in [0.2, 0.25) is 0 Å². The Morgan fingerprint density at radius 2 is 1.88 bits per heavy atom. The molecule has 0 aliphatic heterocycles.